The SMILES string of the molecule is CC(C)(C)OC(=O)NC1CC(NCc2cc(F)ccc2Br)C1. The highest BCUT2D eigenvalue weighted by Crippen LogP contribution is 2.23. The number of carbonyl (C=O) groups excluding carboxylic acids is 1. The van der Waals surface area contributed by atoms with E-state index in [1.807, 2.05) is 20.8 Å². The fraction of sp³-hybridized carbons (Fsp3) is 0.562. The van der Waals surface area contributed by atoms with Crippen LogP contribution in [0.4, 0.5) is 9.18 Å². The molecule has 22 heavy (non-hydrogen) atoms. The van der Waals surface area contributed by atoms with Crippen molar-refractivity contribution in [2.45, 2.75) is 57.8 Å². The van der Waals surface area contributed by atoms with E-state index in [9.17, 15) is 9.18 Å². The lowest BCUT2D eigenvalue weighted by Gasteiger charge is -2.36. The van der Waals surface area contributed by atoms with Crippen LogP contribution < -0.4 is 10.6 Å². The number of hydrogen-bond donors (Lipinski definition) is 2. The topological polar surface area (TPSA) is 50.4 Å². The zero-order valence-electron chi connectivity index (χ0n) is 13.1. The molecule has 1 aliphatic carbocycles. The number of alkyl carbamates (subject to hydrolysis) is 1. The normalized spacial score (nSPS) is 21.1. The van der Waals surface area contributed by atoms with E-state index < -0.39 is 5.60 Å². The minimum absolute atomic E-state index is 0.142. The maximum absolute atomic E-state index is 13.2. The van der Waals surface area contributed by atoms with Crippen LogP contribution in [-0.2, 0) is 11.3 Å². The van der Waals surface area contributed by atoms with Gasteiger partial charge in [-0.05, 0) is 57.4 Å². The zero-order chi connectivity index (χ0) is 16.3. The Morgan fingerprint density at radius 1 is 1.36 bits per heavy atom. The molecule has 1 saturated carbocycles. The molecule has 6 heteroatoms. The van der Waals surface area contributed by atoms with Gasteiger partial charge in [-0.2, -0.15) is 0 Å². The molecular formula is C16H22BrFN2O2. The molecule has 2 N–H and O–H groups in total. The van der Waals surface area contributed by atoms with Crippen LogP contribution in [-0.4, -0.2) is 23.8 Å². The van der Waals surface area contributed by atoms with Crippen LogP contribution in [0.2, 0.25) is 0 Å². The van der Waals surface area contributed by atoms with E-state index in [-0.39, 0.29) is 18.0 Å². The van der Waals surface area contributed by atoms with Crippen molar-refractivity contribution in [2.24, 2.45) is 0 Å². The van der Waals surface area contributed by atoms with E-state index in [2.05, 4.69) is 26.6 Å². The maximum Gasteiger partial charge on any atom is 0.407 e. The number of benzene rings is 1. The lowest BCUT2D eigenvalue weighted by atomic mass is 9.87. The van der Waals surface area contributed by atoms with Gasteiger partial charge in [0.1, 0.15) is 11.4 Å². The van der Waals surface area contributed by atoms with E-state index >= 15 is 0 Å². The van der Waals surface area contributed by atoms with E-state index in [4.69, 9.17) is 4.74 Å². The summed E-state index contributed by atoms with van der Waals surface area (Å²) < 4.78 is 19.3. The third-order valence-corrected chi connectivity index (χ3v) is 4.22. The monoisotopic (exact) mass is 372 g/mol. The second-order valence-electron chi connectivity index (χ2n) is 6.63. The Morgan fingerprint density at radius 2 is 2.05 bits per heavy atom. The van der Waals surface area contributed by atoms with Crippen molar-refractivity contribution in [3.63, 3.8) is 0 Å². The molecule has 0 aliphatic heterocycles. The lowest BCUT2D eigenvalue weighted by molar-refractivity contribution is 0.0465. The summed E-state index contributed by atoms with van der Waals surface area (Å²) in [5.74, 6) is -0.238. The Morgan fingerprint density at radius 3 is 2.68 bits per heavy atom. The molecule has 1 fully saturated rings. The number of amides is 1. The van der Waals surface area contributed by atoms with Gasteiger partial charge in [-0.25, -0.2) is 9.18 Å². The first-order valence-corrected chi connectivity index (χ1v) is 8.19. The Bertz CT molecular complexity index is 539. The molecule has 1 amide bonds. The van der Waals surface area contributed by atoms with Gasteiger partial charge in [0.15, 0.2) is 0 Å². The van der Waals surface area contributed by atoms with Crippen molar-refractivity contribution in [3.8, 4) is 0 Å². The average molecular weight is 373 g/mol. The molecular weight excluding hydrogens is 351 g/mol. The first-order chi connectivity index (χ1) is 10.2. The van der Waals surface area contributed by atoms with Gasteiger partial charge in [0.05, 0.1) is 0 Å². The van der Waals surface area contributed by atoms with Crippen molar-refractivity contribution in [1.82, 2.24) is 10.6 Å². The second-order valence-corrected chi connectivity index (χ2v) is 7.48. The predicted molar refractivity (Wildman–Crippen MR) is 87.1 cm³/mol. The van der Waals surface area contributed by atoms with E-state index in [1.54, 1.807) is 6.07 Å². The summed E-state index contributed by atoms with van der Waals surface area (Å²) in [5.41, 5.74) is 0.415. The van der Waals surface area contributed by atoms with Crippen LogP contribution >= 0.6 is 15.9 Å². The van der Waals surface area contributed by atoms with Crippen molar-refractivity contribution in [2.75, 3.05) is 0 Å². The summed E-state index contributed by atoms with van der Waals surface area (Å²) in [6.45, 7) is 6.12. The van der Waals surface area contributed by atoms with Gasteiger partial charge >= 0.3 is 6.09 Å². The summed E-state index contributed by atoms with van der Waals surface area (Å²) in [4.78, 5) is 11.6. The fourth-order valence-electron chi connectivity index (χ4n) is 2.31. The van der Waals surface area contributed by atoms with Gasteiger partial charge in [0.2, 0.25) is 0 Å². The fourth-order valence-corrected chi connectivity index (χ4v) is 2.70. The number of carbonyl (C=O) groups is 1. The lowest BCUT2D eigenvalue weighted by Crippen LogP contribution is -2.53. The third kappa shape index (κ3) is 5.25. The molecule has 0 radical (unpaired) electrons. The van der Waals surface area contributed by atoms with Gasteiger partial charge < -0.3 is 15.4 Å². The predicted octanol–water partition coefficient (Wildman–Crippen LogP) is 3.73. The summed E-state index contributed by atoms with van der Waals surface area (Å²) in [5, 5.41) is 6.22. The summed E-state index contributed by atoms with van der Waals surface area (Å²) in [7, 11) is 0. The standard InChI is InChI=1S/C16H22BrFN2O2/c1-16(2,3)22-15(21)20-13-7-12(8-13)19-9-10-6-11(18)4-5-14(10)17/h4-6,12-13,19H,7-9H2,1-3H3,(H,20,21). The molecule has 1 aromatic rings. The Balaban J connectivity index is 1.69. The molecule has 0 spiro atoms. The smallest absolute Gasteiger partial charge is 0.407 e. The summed E-state index contributed by atoms with van der Waals surface area (Å²) in [6, 6.07) is 5.13. The van der Waals surface area contributed by atoms with Gasteiger partial charge in [-0.3, -0.25) is 0 Å². The van der Waals surface area contributed by atoms with Gasteiger partial charge in [0, 0.05) is 23.1 Å². The number of halogens is 2. The zero-order valence-corrected chi connectivity index (χ0v) is 14.7. The Labute approximate surface area is 138 Å². The number of ether oxygens (including phenoxy) is 1. The van der Waals surface area contributed by atoms with Crippen LogP contribution in [0.3, 0.4) is 0 Å². The van der Waals surface area contributed by atoms with Crippen molar-refractivity contribution >= 4 is 22.0 Å². The molecule has 0 heterocycles. The minimum Gasteiger partial charge on any atom is -0.444 e. The van der Waals surface area contributed by atoms with Crippen LogP contribution in [0.15, 0.2) is 22.7 Å². The summed E-state index contributed by atoms with van der Waals surface area (Å²) in [6.07, 6.45) is 1.34. The van der Waals surface area contributed by atoms with E-state index in [1.165, 1.54) is 12.1 Å². The molecule has 1 aromatic carbocycles. The molecule has 122 valence electrons. The van der Waals surface area contributed by atoms with Gasteiger partial charge in [-0.1, -0.05) is 15.9 Å². The highest BCUT2D eigenvalue weighted by Gasteiger charge is 2.31. The first kappa shape index (κ1) is 17.2. The molecule has 0 unspecified atom stereocenters. The van der Waals surface area contributed by atoms with Crippen LogP contribution in [0.25, 0.3) is 0 Å². The minimum atomic E-state index is -0.477. The number of rotatable bonds is 4. The number of nitrogens with one attached hydrogen (secondary N) is 2. The van der Waals surface area contributed by atoms with E-state index in [0.717, 1.165) is 22.9 Å². The van der Waals surface area contributed by atoms with Crippen molar-refractivity contribution < 1.29 is 13.9 Å². The quantitative estimate of drug-likeness (QED) is 0.846. The van der Waals surface area contributed by atoms with E-state index in [0.29, 0.717) is 12.6 Å². The molecule has 1 aliphatic rings. The Hall–Kier alpha value is -1.14. The molecule has 0 bridgehead atoms. The molecule has 2 rings (SSSR count). The molecule has 4 nitrogen and oxygen atoms in total. The highest BCUT2D eigenvalue weighted by atomic mass is 79.9. The van der Waals surface area contributed by atoms with Crippen LogP contribution in [0, 0.1) is 5.82 Å². The van der Waals surface area contributed by atoms with Crippen LogP contribution in [0.5, 0.6) is 0 Å². The maximum atomic E-state index is 13.2. The van der Waals surface area contributed by atoms with Crippen molar-refractivity contribution in [3.05, 3.63) is 34.1 Å². The Kier molecular flexibility index (Phi) is 5.45. The average Bonchev–Trinajstić information content (AvgIpc) is 2.33. The molecule has 0 atom stereocenters. The largest absolute Gasteiger partial charge is 0.444 e. The second kappa shape index (κ2) is 6.96. The van der Waals surface area contributed by atoms with Gasteiger partial charge in [0.25, 0.3) is 0 Å². The van der Waals surface area contributed by atoms with Gasteiger partial charge in [-0.15, -0.1) is 0 Å². The number of hydrogen-bond acceptors (Lipinski definition) is 3. The summed E-state index contributed by atoms with van der Waals surface area (Å²) >= 11 is 3.41. The van der Waals surface area contributed by atoms with Crippen LogP contribution in [0.1, 0.15) is 39.2 Å². The molecule has 0 aromatic heterocycles. The third-order valence-electron chi connectivity index (χ3n) is 3.45. The molecule has 0 saturated heterocycles. The van der Waals surface area contributed by atoms with Crippen molar-refractivity contribution in [1.29, 1.82) is 0 Å². The highest BCUT2D eigenvalue weighted by molar-refractivity contribution is 9.10. The first-order valence-electron chi connectivity index (χ1n) is 7.40.